The second-order valence-electron chi connectivity index (χ2n) is 6.23. The standard InChI is InChI=1S/C21H22Si/c1-18-10-9-11-19(16-18)17-22(2,20-12-5-3-6-13-20)21-14-7-4-8-15-21/h3-16H,17H2,1-2H3. The topological polar surface area (TPSA) is 0 Å². The molecular weight excluding hydrogens is 280 g/mol. The van der Waals surface area contributed by atoms with Crippen LogP contribution in [-0.2, 0) is 6.04 Å². The first-order valence-electron chi connectivity index (χ1n) is 7.85. The predicted molar refractivity (Wildman–Crippen MR) is 98.7 cm³/mol. The molecule has 3 rings (SSSR count). The van der Waals surface area contributed by atoms with Gasteiger partial charge >= 0.3 is 0 Å². The summed E-state index contributed by atoms with van der Waals surface area (Å²) in [6.45, 7) is 4.66. The highest BCUT2D eigenvalue weighted by molar-refractivity contribution is 7.00. The zero-order valence-corrected chi connectivity index (χ0v) is 14.3. The molecule has 110 valence electrons. The minimum atomic E-state index is -1.77. The summed E-state index contributed by atoms with van der Waals surface area (Å²) in [5.74, 6) is 0. The third-order valence-electron chi connectivity index (χ3n) is 4.46. The van der Waals surface area contributed by atoms with Crippen LogP contribution in [0.25, 0.3) is 0 Å². The Labute approximate surface area is 134 Å². The predicted octanol–water partition coefficient (Wildman–Crippen LogP) is 3.97. The third-order valence-corrected chi connectivity index (χ3v) is 8.79. The van der Waals surface area contributed by atoms with Crippen molar-refractivity contribution in [3.63, 3.8) is 0 Å². The van der Waals surface area contributed by atoms with Gasteiger partial charge in [0.25, 0.3) is 0 Å². The molecule has 0 aliphatic heterocycles. The first kappa shape index (κ1) is 14.8. The fourth-order valence-electron chi connectivity index (χ4n) is 3.21. The Morgan fingerprint density at radius 3 is 1.73 bits per heavy atom. The van der Waals surface area contributed by atoms with Gasteiger partial charge in [0.15, 0.2) is 0 Å². The van der Waals surface area contributed by atoms with Crippen molar-refractivity contribution >= 4 is 18.4 Å². The molecule has 0 fully saturated rings. The van der Waals surface area contributed by atoms with E-state index in [0.717, 1.165) is 6.04 Å². The summed E-state index contributed by atoms with van der Waals surface area (Å²) in [5.41, 5.74) is 2.79. The van der Waals surface area contributed by atoms with Gasteiger partial charge in [-0.2, -0.15) is 0 Å². The summed E-state index contributed by atoms with van der Waals surface area (Å²) in [7, 11) is -1.77. The molecule has 0 aliphatic rings. The molecule has 3 aromatic rings. The summed E-state index contributed by atoms with van der Waals surface area (Å²) in [6.07, 6.45) is 0. The maximum Gasteiger partial charge on any atom is 0.119 e. The van der Waals surface area contributed by atoms with E-state index < -0.39 is 8.07 Å². The molecule has 22 heavy (non-hydrogen) atoms. The van der Waals surface area contributed by atoms with Crippen LogP contribution in [0.1, 0.15) is 11.1 Å². The van der Waals surface area contributed by atoms with Crippen LogP contribution in [0, 0.1) is 6.92 Å². The summed E-state index contributed by atoms with van der Waals surface area (Å²) in [4.78, 5) is 0. The first-order chi connectivity index (χ1) is 10.7. The Morgan fingerprint density at radius 1 is 0.682 bits per heavy atom. The average Bonchev–Trinajstić information content (AvgIpc) is 2.56. The second kappa shape index (κ2) is 6.33. The van der Waals surface area contributed by atoms with Crippen molar-refractivity contribution in [2.75, 3.05) is 0 Å². The maximum absolute atomic E-state index is 2.49. The van der Waals surface area contributed by atoms with E-state index in [2.05, 4.69) is 98.4 Å². The molecule has 0 unspecified atom stereocenters. The highest BCUT2D eigenvalue weighted by Crippen LogP contribution is 2.14. The SMILES string of the molecule is Cc1cccc(C[Si](C)(c2ccccc2)c2ccccc2)c1. The van der Waals surface area contributed by atoms with Gasteiger partial charge in [-0.05, 0) is 18.5 Å². The molecule has 0 aliphatic carbocycles. The van der Waals surface area contributed by atoms with E-state index >= 15 is 0 Å². The molecule has 3 aromatic carbocycles. The Bertz CT molecular complexity index is 693. The van der Waals surface area contributed by atoms with Gasteiger partial charge in [-0.1, -0.05) is 107 Å². The van der Waals surface area contributed by atoms with Crippen molar-refractivity contribution in [2.24, 2.45) is 0 Å². The molecule has 0 atom stereocenters. The molecule has 0 aromatic heterocycles. The van der Waals surface area contributed by atoms with Gasteiger partial charge in [-0.15, -0.1) is 0 Å². The van der Waals surface area contributed by atoms with E-state index in [4.69, 9.17) is 0 Å². The van der Waals surface area contributed by atoms with Crippen molar-refractivity contribution in [3.8, 4) is 0 Å². The lowest BCUT2D eigenvalue weighted by Crippen LogP contribution is -2.57. The van der Waals surface area contributed by atoms with Crippen molar-refractivity contribution < 1.29 is 0 Å². The highest BCUT2D eigenvalue weighted by atomic mass is 28.3. The average molecular weight is 302 g/mol. The van der Waals surface area contributed by atoms with Crippen molar-refractivity contribution in [2.45, 2.75) is 19.5 Å². The van der Waals surface area contributed by atoms with Crippen molar-refractivity contribution in [3.05, 3.63) is 96.1 Å². The number of hydrogen-bond acceptors (Lipinski definition) is 0. The van der Waals surface area contributed by atoms with Crippen LogP contribution in [0.4, 0.5) is 0 Å². The van der Waals surface area contributed by atoms with Crippen LogP contribution in [-0.4, -0.2) is 8.07 Å². The van der Waals surface area contributed by atoms with Gasteiger partial charge < -0.3 is 0 Å². The summed E-state index contributed by atoms with van der Waals surface area (Å²) < 4.78 is 0. The monoisotopic (exact) mass is 302 g/mol. The molecule has 1 heteroatoms. The van der Waals surface area contributed by atoms with Gasteiger partial charge in [0.2, 0.25) is 0 Å². The van der Waals surface area contributed by atoms with Gasteiger partial charge in [-0.25, -0.2) is 0 Å². The van der Waals surface area contributed by atoms with Gasteiger partial charge in [-0.3, -0.25) is 0 Å². The number of rotatable bonds is 4. The van der Waals surface area contributed by atoms with Crippen LogP contribution in [0.2, 0.25) is 6.55 Å². The Kier molecular flexibility index (Phi) is 4.26. The molecular formula is C21H22Si. The van der Waals surface area contributed by atoms with Gasteiger partial charge in [0.05, 0.1) is 0 Å². The number of hydrogen-bond donors (Lipinski definition) is 0. The smallest absolute Gasteiger partial charge is 0.0626 e. The molecule has 0 heterocycles. The van der Waals surface area contributed by atoms with Gasteiger partial charge in [0.1, 0.15) is 8.07 Å². The minimum absolute atomic E-state index is 1.14. The van der Waals surface area contributed by atoms with E-state index in [9.17, 15) is 0 Å². The molecule has 0 nitrogen and oxygen atoms in total. The lowest BCUT2D eigenvalue weighted by molar-refractivity contribution is 1.30. The zero-order valence-electron chi connectivity index (χ0n) is 13.3. The van der Waals surface area contributed by atoms with Crippen molar-refractivity contribution in [1.29, 1.82) is 0 Å². The van der Waals surface area contributed by atoms with E-state index in [1.54, 1.807) is 0 Å². The largest absolute Gasteiger partial charge is 0.119 e. The van der Waals surface area contributed by atoms with Crippen LogP contribution in [0.3, 0.4) is 0 Å². The van der Waals surface area contributed by atoms with E-state index in [1.165, 1.54) is 21.5 Å². The number of aryl methyl sites for hydroxylation is 1. The lowest BCUT2D eigenvalue weighted by atomic mass is 10.2. The number of benzene rings is 3. The van der Waals surface area contributed by atoms with E-state index in [1.807, 2.05) is 0 Å². The van der Waals surface area contributed by atoms with Crippen LogP contribution in [0.5, 0.6) is 0 Å². The zero-order chi connectivity index (χ0) is 15.4. The Hall–Kier alpha value is -2.12. The fourth-order valence-corrected chi connectivity index (χ4v) is 6.85. The van der Waals surface area contributed by atoms with Crippen LogP contribution in [0.15, 0.2) is 84.9 Å². The van der Waals surface area contributed by atoms with Gasteiger partial charge in [0, 0.05) is 0 Å². The summed E-state index contributed by atoms with van der Waals surface area (Å²) >= 11 is 0. The molecule has 0 amide bonds. The molecule has 0 spiro atoms. The fraction of sp³-hybridized carbons (Fsp3) is 0.143. The molecule has 0 bridgehead atoms. The minimum Gasteiger partial charge on any atom is -0.0626 e. The van der Waals surface area contributed by atoms with E-state index in [-0.39, 0.29) is 0 Å². The lowest BCUT2D eigenvalue weighted by Gasteiger charge is -2.29. The Balaban J connectivity index is 2.08. The molecule has 0 saturated carbocycles. The van der Waals surface area contributed by atoms with Crippen LogP contribution < -0.4 is 10.4 Å². The Morgan fingerprint density at radius 2 is 1.23 bits per heavy atom. The quantitative estimate of drug-likeness (QED) is 0.640. The normalized spacial score (nSPS) is 11.4. The molecule has 0 saturated heterocycles. The summed E-state index contributed by atoms with van der Waals surface area (Å²) in [6, 6.07) is 32.2. The third kappa shape index (κ3) is 3.05. The van der Waals surface area contributed by atoms with Crippen LogP contribution >= 0.6 is 0 Å². The van der Waals surface area contributed by atoms with E-state index in [0.29, 0.717) is 0 Å². The molecule has 0 N–H and O–H groups in total. The molecule has 0 radical (unpaired) electrons. The second-order valence-corrected chi connectivity index (χ2v) is 10.4. The first-order valence-corrected chi connectivity index (χ1v) is 10.6. The maximum atomic E-state index is 2.49. The van der Waals surface area contributed by atoms with Crippen molar-refractivity contribution in [1.82, 2.24) is 0 Å². The highest BCUT2D eigenvalue weighted by Gasteiger charge is 2.31. The summed E-state index contributed by atoms with van der Waals surface area (Å²) in [5, 5.41) is 3.01.